The van der Waals surface area contributed by atoms with Crippen LogP contribution in [0.4, 0.5) is 0 Å². The van der Waals surface area contributed by atoms with Gasteiger partial charge in [0.1, 0.15) is 0 Å². The minimum atomic E-state index is 0.161. The third kappa shape index (κ3) is 13.4. The quantitative estimate of drug-likeness (QED) is 0.337. The number of hydrogen-bond donors (Lipinski definition) is 3. The molecule has 0 spiro atoms. The maximum Gasteiger partial charge on any atom is 0.191 e. The van der Waals surface area contributed by atoms with Crippen LogP contribution in [0.1, 0.15) is 41.0 Å². The molecule has 0 unspecified atom stereocenters. The monoisotopic (exact) mass is 272 g/mol. The first-order chi connectivity index (χ1) is 8.99. The summed E-state index contributed by atoms with van der Waals surface area (Å²) in [4.78, 5) is 4.51. The van der Waals surface area contributed by atoms with Crippen LogP contribution in [0.5, 0.6) is 0 Å². The van der Waals surface area contributed by atoms with Gasteiger partial charge in [-0.3, -0.25) is 4.99 Å². The van der Waals surface area contributed by atoms with Crippen LogP contribution < -0.4 is 16.0 Å². The molecular weight excluding hydrogens is 240 g/mol. The zero-order valence-corrected chi connectivity index (χ0v) is 13.3. The van der Waals surface area contributed by atoms with Crippen molar-refractivity contribution in [3.8, 4) is 0 Å². The van der Waals surface area contributed by atoms with E-state index in [1.165, 1.54) is 0 Å². The highest BCUT2D eigenvalue weighted by atomic mass is 16.5. The van der Waals surface area contributed by atoms with Gasteiger partial charge in [0.15, 0.2) is 5.96 Å². The van der Waals surface area contributed by atoms with Gasteiger partial charge in [-0.05, 0) is 41.0 Å². The van der Waals surface area contributed by atoms with E-state index in [0.717, 1.165) is 51.8 Å². The molecule has 0 saturated carbocycles. The maximum absolute atomic E-state index is 5.29. The van der Waals surface area contributed by atoms with Crippen LogP contribution in [0.3, 0.4) is 0 Å². The molecule has 0 aliphatic carbocycles. The number of nitrogens with one attached hydrogen (secondary N) is 3. The lowest BCUT2D eigenvalue weighted by Gasteiger charge is -2.21. The van der Waals surface area contributed by atoms with E-state index in [4.69, 9.17) is 4.74 Å². The molecule has 0 aromatic rings. The van der Waals surface area contributed by atoms with Crippen LogP contribution in [0, 0.1) is 0 Å². The number of ether oxygens (including phenoxy) is 1. The van der Waals surface area contributed by atoms with Gasteiger partial charge in [0.2, 0.25) is 0 Å². The van der Waals surface area contributed by atoms with Gasteiger partial charge in [-0.15, -0.1) is 0 Å². The highest BCUT2D eigenvalue weighted by molar-refractivity contribution is 5.79. The second-order valence-corrected chi connectivity index (χ2v) is 5.41. The molecule has 5 heteroatoms. The van der Waals surface area contributed by atoms with Crippen molar-refractivity contribution < 1.29 is 4.74 Å². The molecule has 0 fully saturated rings. The van der Waals surface area contributed by atoms with Crippen molar-refractivity contribution in [2.75, 3.05) is 39.4 Å². The van der Waals surface area contributed by atoms with Crippen molar-refractivity contribution in [2.45, 2.75) is 46.6 Å². The molecule has 5 nitrogen and oxygen atoms in total. The van der Waals surface area contributed by atoms with E-state index in [1.54, 1.807) is 0 Å². The van der Waals surface area contributed by atoms with Crippen molar-refractivity contribution in [1.82, 2.24) is 16.0 Å². The molecule has 0 amide bonds. The molecule has 114 valence electrons. The van der Waals surface area contributed by atoms with Gasteiger partial charge in [-0.2, -0.15) is 0 Å². The third-order valence-electron chi connectivity index (χ3n) is 2.34. The first-order valence-corrected chi connectivity index (χ1v) is 7.34. The molecule has 0 rings (SSSR count). The summed E-state index contributed by atoms with van der Waals surface area (Å²) < 4.78 is 5.29. The fraction of sp³-hybridized carbons (Fsp3) is 0.929. The summed E-state index contributed by atoms with van der Waals surface area (Å²) in [6, 6.07) is 0. The number of guanidine groups is 1. The number of aliphatic imine (C=N–C) groups is 1. The van der Waals surface area contributed by atoms with Gasteiger partial charge in [-0.1, -0.05) is 0 Å². The molecule has 0 aromatic heterocycles. The number of rotatable bonds is 9. The molecule has 0 bridgehead atoms. The van der Waals surface area contributed by atoms with E-state index in [9.17, 15) is 0 Å². The molecule has 19 heavy (non-hydrogen) atoms. The molecule has 0 aliphatic rings. The zero-order chi connectivity index (χ0) is 14.6. The zero-order valence-electron chi connectivity index (χ0n) is 13.3. The molecule has 3 N–H and O–H groups in total. The van der Waals surface area contributed by atoms with Crippen LogP contribution in [0.25, 0.3) is 0 Å². The van der Waals surface area contributed by atoms with Crippen LogP contribution in [-0.2, 0) is 4.74 Å². The normalized spacial score (nSPS) is 12.6. The average molecular weight is 272 g/mol. The van der Waals surface area contributed by atoms with Crippen LogP contribution in [0.15, 0.2) is 4.99 Å². The van der Waals surface area contributed by atoms with Crippen molar-refractivity contribution >= 4 is 5.96 Å². The minimum absolute atomic E-state index is 0.161. The lowest BCUT2D eigenvalue weighted by molar-refractivity contribution is 0.146. The van der Waals surface area contributed by atoms with Gasteiger partial charge in [-0.25, -0.2) is 0 Å². The van der Waals surface area contributed by atoms with E-state index in [0.29, 0.717) is 0 Å². The molecule has 0 radical (unpaired) electrons. The first-order valence-electron chi connectivity index (χ1n) is 7.34. The first kappa shape index (κ1) is 18.2. The van der Waals surface area contributed by atoms with Crippen molar-refractivity contribution in [3.63, 3.8) is 0 Å². The highest BCUT2D eigenvalue weighted by Gasteiger charge is 2.07. The van der Waals surface area contributed by atoms with Crippen molar-refractivity contribution in [2.24, 2.45) is 4.99 Å². The summed E-state index contributed by atoms with van der Waals surface area (Å²) in [5.41, 5.74) is 0.161. The SMILES string of the molecule is CCNC(=NCCCOCC)NCCNC(C)(C)C. The second kappa shape index (κ2) is 11.1. The Hall–Kier alpha value is -0.810. The van der Waals surface area contributed by atoms with Gasteiger partial charge in [0.05, 0.1) is 0 Å². The van der Waals surface area contributed by atoms with Gasteiger partial charge < -0.3 is 20.7 Å². The lowest BCUT2D eigenvalue weighted by Crippen LogP contribution is -2.44. The van der Waals surface area contributed by atoms with E-state index < -0.39 is 0 Å². The highest BCUT2D eigenvalue weighted by Crippen LogP contribution is 1.96. The van der Waals surface area contributed by atoms with E-state index in [2.05, 4.69) is 48.6 Å². The maximum atomic E-state index is 5.29. The topological polar surface area (TPSA) is 57.7 Å². The third-order valence-corrected chi connectivity index (χ3v) is 2.34. The molecule has 0 saturated heterocycles. The summed E-state index contributed by atoms with van der Waals surface area (Å²) in [5.74, 6) is 0.884. The summed E-state index contributed by atoms with van der Waals surface area (Å²) in [5, 5.41) is 10.00. The summed E-state index contributed by atoms with van der Waals surface area (Å²) in [7, 11) is 0. The largest absolute Gasteiger partial charge is 0.382 e. The summed E-state index contributed by atoms with van der Waals surface area (Å²) in [6.07, 6.45) is 0.963. The Morgan fingerprint density at radius 1 is 1.11 bits per heavy atom. The molecule has 0 aromatic carbocycles. The molecule has 0 aliphatic heterocycles. The fourth-order valence-electron chi connectivity index (χ4n) is 1.46. The molecule has 0 atom stereocenters. The van der Waals surface area contributed by atoms with Gasteiger partial charge in [0, 0.05) is 44.9 Å². The summed E-state index contributed by atoms with van der Waals surface area (Å²) >= 11 is 0. The van der Waals surface area contributed by atoms with Crippen LogP contribution in [-0.4, -0.2) is 50.9 Å². The average Bonchev–Trinajstić information content (AvgIpc) is 2.33. The number of hydrogen-bond acceptors (Lipinski definition) is 3. The van der Waals surface area contributed by atoms with Crippen molar-refractivity contribution in [3.05, 3.63) is 0 Å². The van der Waals surface area contributed by atoms with E-state index in [1.807, 2.05) is 6.92 Å². The smallest absolute Gasteiger partial charge is 0.191 e. The van der Waals surface area contributed by atoms with E-state index in [-0.39, 0.29) is 5.54 Å². The number of nitrogens with zero attached hydrogens (tertiary/aromatic N) is 1. The molecule has 0 heterocycles. The standard InChI is InChI=1S/C14H32N4O/c1-6-15-13(16-9-8-12-19-7-2)17-10-11-18-14(3,4)5/h18H,6-12H2,1-5H3,(H2,15,16,17). The Morgan fingerprint density at radius 3 is 2.42 bits per heavy atom. The fourth-order valence-corrected chi connectivity index (χ4v) is 1.46. The Morgan fingerprint density at radius 2 is 1.84 bits per heavy atom. The molecular formula is C14H32N4O. The Bertz CT molecular complexity index is 236. The van der Waals surface area contributed by atoms with Crippen LogP contribution in [0.2, 0.25) is 0 Å². The predicted molar refractivity (Wildman–Crippen MR) is 82.8 cm³/mol. The Labute approximate surface area is 118 Å². The van der Waals surface area contributed by atoms with E-state index >= 15 is 0 Å². The Balaban J connectivity index is 3.81. The minimum Gasteiger partial charge on any atom is -0.382 e. The lowest BCUT2D eigenvalue weighted by atomic mass is 10.1. The van der Waals surface area contributed by atoms with Crippen molar-refractivity contribution in [1.29, 1.82) is 0 Å². The predicted octanol–water partition coefficient (Wildman–Crippen LogP) is 1.36. The van der Waals surface area contributed by atoms with Crippen LogP contribution >= 0.6 is 0 Å². The summed E-state index contributed by atoms with van der Waals surface area (Å²) in [6.45, 7) is 15.6. The van der Waals surface area contributed by atoms with Gasteiger partial charge >= 0.3 is 0 Å². The second-order valence-electron chi connectivity index (χ2n) is 5.41. The Kier molecular flexibility index (Phi) is 10.6. The van der Waals surface area contributed by atoms with Gasteiger partial charge in [0.25, 0.3) is 0 Å².